The summed E-state index contributed by atoms with van der Waals surface area (Å²) in [6.07, 6.45) is 1.65. The SMILES string of the molecule is CCCC(C#N)NC(=O)Cc1ccc(Cl)cc1Cl. The number of carbonyl (C=O) groups is 1. The van der Waals surface area contributed by atoms with Crippen molar-refractivity contribution in [3.63, 3.8) is 0 Å². The Bertz CT molecular complexity index is 469. The average molecular weight is 285 g/mol. The topological polar surface area (TPSA) is 52.9 Å². The summed E-state index contributed by atoms with van der Waals surface area (Å²) in [6.45, 7) is 1.96. The summed E-state index contributed by atoms with van der Waals surface area (Å²) < 4.78 is 0. The molecule has 1 atom stereocenters. The lowest BCUT2D eigenvalue weighted by Gasteiger charge is -2.11. The number of carbonyl (C=O) groups excluding carboxylic acids is 1. The predicted molar refractivity (Wildman–Crippen MR) is 72.6 cm³/mol. The molecule has 1 unspecified atom stereocenters. The fraction of sp³-hybridized carbons (Fsp3) is 0.385. The number of nitrogens with one attached hydrogen (secondary N) is 1. The molecule has 0 spiro atoms. The first-order valence-electron chi connectivity index (χ1n) is 5.69. The van der Waals surface area contributed by atoms with Gasteiger partial charge in [0.25, 0.3) is 0 Å². The maximum Gasteiger partial charge on any atom is 0.225 e. The molecule has 5 heteroatoms. The minimum absolute atomic E-state index is 0.151. The zero-order valence-electron chi connectivity index (χ0n) is 10.0. The largest absolute Gasteiger partial charge is 0.340 e. The smallest absolute Gasteiger partial charge is 0.225 e. The van der Waals surface area contributed by atoms with Crippen LogP contribution in [0.3, 0.4) is 0 Å². The fourth-order valence-electron chi connectivity index (χ4n) is 1.54. The number of hydrogen-bond acceptors (Lipinski definition) is 2. The van der Waals surface area contributed by atoms with E-state index in [0.717, 1.165) is 6.42 Å². The van der Waals surface area contributed by atoms with E-state index in [2.05, 4.69) is 11.4 Å². The summed E-state index contributed by atoms with van der Waals surface area (Å²) in [5.41, 5.74) is 0.701. The molecule has 0 radical (unpaired) electrons. The van der Waals surface area contributed by atoms with Crippen molar-refractivity contribution in [1.82, 2.24) is 5.32 Å². The fourth-order valence-corrected chi connectivity index (χ4v) is 2.02. The van der Waals surface area contributed by atoms with Gasteiger partial charge < -0.3 is 5.32 Å². The van der Waals surface area contributed by atoms with Crippen molar-refractivity contribution in [2.75, 3.05) is 0 Å². The van der Waals surface area contributed by atoms with Crippen molar-refractivity contribution in [3.8, 4) is 6.07 Å². The van der Waals surface area contributed by atoms with Gasteiger partial charge in [0.15, 0.2) is 0 Å². The number of nitriles is 1. The van der Waals surface area contributed by atoms with Gasteiger partial charge in [0.1, 0.15) is 6.04 Å². The van der Waals surface area contributed by atoms with E-state index in [9.17, 15) is 4.79 Å². The molecule has 18 heavy (non-hydrogen) atoms. The van der Waals surface area contributed by atoms with Crippen molar-refractivity contribution >= 4 is 29.1 Å². The quantitative estimate of drug-likeness (QED) is 0.902. The van der Waals surface area contributed by atoms with Gasteiger partial charge in [-0.2, -0.15) is 5.26 Å². The Morgan fingerprint density at radius 2 is 2.22 bits per heavy atom. The highest BCUT2D eigenvalue weighted by Crippen LogP contribution is 2.21. The van der Waals surface area contributed by atoms with Gasteiger partial charge in [-0.1, -0.05) is 42.6 Å². The highest BCUT2D eigenvalue weighted by atomic mass is 35.5. The second kappa shape index (κ2) is 7.25. The number of hydrogen-bond donors (Lipinski definition) is 1. The summed E-state index contributed by atoms with van der Waals surface area (Å²) >= 11 is 11.7. The summed E-state index contributed by atoms with van der Waals surface area (Å²) in [5.74, 6) is -0.209. The highest BCUT2D eigenvalue weighted by Gasteiger charge is 2.12. The zero-order valence-corrected chi connectivity index (χ0v) is 11.6. The van der Waals surface area contributed by atoms with Crippen LogP contribution in [0, 0.1) is 11.3 Å². The first-order valence-corrected chi connectivity index (χ1v) is 6.45. The average Bonchev–Trinajstić information content (AvgIpc) is 2.32. The Hall–Kier alpha value is -1.24. The standard InChI is InChI=1S/C13H14Cl2N2O/c1-2-3-11(8-16)17-13(18)6-9-4-5-10(14)7-12(9)15/h4-5,7,11H,2-3,6H2,1H3,(H,17,18). The molecule has 0 saturated carbocycles. The van der Waals surface area contributed by atoms with Crippen molar-refractivity contribution in [1.29, 1.82) is 5.26 Å². The number of rotatable bonds is 5. The first kappa shape index (κ1) is 14.8. The van der Waals surface area contributed by atoms with Crippen molar-refractivity contribution in [3.05, 3.63) is 33.8 Å². The lowest BCUT2D eigenvalue weighted by Crippen LogP contribution is -2.34. The second-order valence-electron chi connectivity index (χ2n) is 3.95. The molecule has 0 fully saturated rings. The third-order valence-corrected chi connectivity index (χ3v) is 3.02. The molecule has 0 saturated heterocycles. The maximum atomic E-state index is 11.7. The van der Waals surface area contributed by atoms with Crippen LogP contribution < -0.4 is 5.32 Å². The van der Waals surface area contributed by atoms with Gasteiger partial charge >= 0.3 is 0 Å². The van der Waals surface area contributed by atoms with Gasteiger partial charge in [-0.15, -0.1) is 0 Å². The van der Waals surface area contributed by atoms with Crippen LogP contribution in [0.4, 0.5) is 0 Å². The van der Waals surface area contributed by atoms with E-state index in [-0.39, 0.29) is 12.3 Å². The molecule has 0 aliphatic heterocycles. The number of benzene rings is 1. The van der Waals surface area contributed by atoms with E-state index in [1.165, 1.54) is 0 Å². The summed E-state index contributed by atoms with van der Waals surface area (Å²) in [6, 6.07) is 6.62. The third kappa shape index (κ3) is 4.56. The molecule has 1 rings (SSSR count). The highest BCUT2D eigenvalue weighted by molar-refractivity contribution is 6.35. The predicted octanol–water partition coefficient (Wildman–Crippen LogP) is 3.34. The maximum absolute atomic E-state index is 11.7. The van der Waals surface area contributed by atoms with Crippen LogP contribution in [0.1, 0.15) is 25.3 Å². The van der Waals surface area contributed by atoms with E-state index in [0.29, 0.717) is 22.0 Å². The Balaban J connectivity index is 2.62. The summed E-state index contributed by atoms with van der Waals surface area (Å²) in [4.78, 5) is 11.7. The normalized spacial score (nSPS) is 11.7. The van der Waals surface area contributed by atoms with Crippen molar-refractivity contribution < 1.29 is 4.79 Å². The van der Waals surface area contributed by atoms with Crippen LogP contribution in [-0.4, -0.2) is 11.9 Å². The molecule has 1 aromatic rings. The molecule has 1 aromatic carbocycles. The molecule has 1 N–H and O–H groups in total. The van der Waals surface area contributed by atoms with E-state index in [1.807, 2.05) is 6.92 Å². The minimum Gasteiger partial charge on any atom is -0.340 e. The Morgan fingerprint density at radius 3 is 2.78 bits per heavy atom. The molecule has 0 bridgehead atoms. The third-order valence-electron chi connectivity index (χ3n) is 2.43. The van der Waals surface area contributed by atoms with Crippen LogP contribution in [0.15, 0.2) is 18.2 Å². The van der Waals surface area contributed by atoms with Gasteiger partial charge in [0.05, 0.1) is 12.5 Å². The molecular weight excluding hydrogens is 271 g/mol. The van der Waals surface area contributed by atoms with E-state index < -0.39 is 6.04 Å². The van der Waals surface area contributed by atoms with Crippen LogP contribution in [0.5, 0.6) is 0 Å². The number of halogens is 2. The second-order valence-corrected chi connectivity index (χ2v) is 4.79. The van der Waals surface area contributed by atoms with Gasteiger partial charge in [0.2, 0.25) is 5.91 Å². The van der Waals surface area contributed by atoms with Crippen molar-refractivity contribution in [2.45, 2.75) is 32.2 Å². The number of amides is 1. The molecule has 0 aliphatic carbocycles. The molecule has 1 amide bonds. The van der Waals surface area contributed by atoms with Gasteiger partial charge in [-0.3, -0.25) is 4.79 Å². The van der Waals surface area contributed by atoms with E-state index >= 15 is 0 Å². The Kier molecular flexibility index (Phi) is 5.97. The van der Waals surface area contributed by atoms with Crippen LogP contribution in [0.2, 0.25) is 10.0 Å². The van der Waals surface area contributed by atoms with Crippen LogP contribution in [-0.2, 0) is 11.2 Å². The first-order chi connectivity index (χ1) is 8.56. The lowest BCUT2D eigenvalue weighted by molar-refractivity contribution is -0.120. The van der Waals surface area contributed by atoms with Gasteiger partial charge in [-0.05, 0) is 24.1 Å². The van der Waals surface area contributed by atoms with Gasteiger partial charge in [0, 0.05) is 10.0 Å². The van der Waals surface area contributed by atoms with Gasteiger partial charge in [-0.25, -0.2) is 0 Å². The molecule has 96 valence electrons. The molecule has 0 heterocycles. The van der Waals surface area contributed by atoms with E-state index in [4.69, 9.17) is 28.5 Å². The molecule has 3 nitrogen and oxygen atoms in total. The lowest BCUT2D eigenvalue weighted by atomic mass is 10.1. The van der Waals surface area contributed by atoms with Crippen LogP contribution in [0.25, 0.3) is 0 Å². The molecule has 0 aromatic heterocycles. The van der Waals surface area contributed by atoms with Crippen molar-refractivity contribution in [2.24, 2.45) is 0 Å². The zero-order chi connectivity index (χ0) is 13.5. The summed E-state index contributed by atoms with van der Waals surface area (Å²) in [5, 5.41) is 12.5. The molecule has 0 aliphatic rings. The van der Waals surface area contributed by atoms with E-state index in [1.54, 1.807) is 18.2 Å². The number of nitrogens with zero attached hydrogens (tertiary/aromatic N) is 1. The monoisotopic (exact) mass is 284 g/mol. The Morgan fingerprint density at radius 1 is 1.50 bits per heavy atom. The minimum atomic E-state index is -0.437. The summed E-state index contributed by atoms with van der Waals surface area (Å²) in [7, 11) is 0. The Labute approximate surface area is 117 Å². The molecular formula is C13H14Cl2N2O. The van der Waals surface area contributed by atoms with Crippen LogP contribution >= 0.6 is 23.2 Å².